The maximum absolute atomic E-state index is 4.71. The van der Waals surface area contributed by atoms with Crippen LogP contribution in [0.2, 0.25) is 0 Å². The van der Waals surface area contributed by atoms with Crippen LogP contribution >= 0.6 is 0 Å². The number of aromatic nitrogens is 1. The minimum Gasteiger partial charge on any atom is -0.258 e. The van der Waals surface area contributed by atoms with Crippen molar-refractivity contribution in [1.82, 2.24) is 4.98 Å². The molecule has 1 rings (SSSR count). The van der Waals surface area contributed by atoms with E-state index in [-0.39, 0.29) is 0 Å². The zero-order chi connectivity index (χ0) is 10.6. The van der Waals surface area contributed by atoms with E-state index in [4.69, 9.17) is 4.98 Å². The van der Waals surface area contributed by atoms with Crippen LogP contribution in [0.25, 0.3) is 0 Å². The Labute approximate surface area is 87.6 Å². The number of hydrogen-bond donors (Lipinski definition) is 0. The highest BCUT2D eigenvalue weighted by atomic mass is 14.7. The van der Waals surface area contributed by atoms with Crippen molar-refractivity contribution >= 4 is 0 Å². The zero-order valence-corrected chi connectivity index (χ0v) is 9.85. The molecular formula is C13H21N. The van der Waals surface area contributed by atoms with Crippen molar-refractivity contribution in [3.63, 3.8) is 0 Å². The molecule has 0 N–H and O–H groups in total. The Kier molecular flexibility index (Phi) is 4.12. The van der Waals surface area contributed by atoms with Gasteiger partial charge in [-0.15, -0.1) is 0 Å². The summed E-state index contributed by atoms with van der Waals surface area (Å²) < 4.78 is 0. The van der Waals surface area contributed by atoms with Crippen molar-refractivity contribution in [3.8, 4) is 0 Å². The Bertz CT molecular complexity index is 302. The van der Waals surface area contributed by atoms with Crippen molar-refractivity contribution in [2.45, 2.75) is 53.4 Å². The van der Waals surface area contributed by atoms with Crippen molar-refractivity contribution in [1.29, 1.82) is 0 Å². The average Bonchev–Trinajstić information content (AvgIpc) is 2.14. The molecule has 0 saturated heterocycles. The van der Waals surface area contributed by atoms with E-state index in [0.29, 0.717) is 0 Å². The standard InChI is InChI=1S/C13H21N/c1-5-7-12-9-10(3)11(4)13(14-12)8-6-2/h9H,5-8H2,1-4H3. The number of pyridine rings is 1. The SMILES string of the molecule is CCCc1cc(C)c(C)c(CCC)n1. The summed E-state index contributed by atoms with van der Waals surface area (Å²) in [5.74, 6) is 0. The summed E-state index contributed by atoms with van der Waals surface area (Å²) in [6.45, 7) is 8.79. The van der Waals surface area contributed by atoms with Gasteiger partial charge < -0.3 is 0 Å². The summed E-state index contributed by atoms with van der Waals surface area (Å²) >= 11 is 0. The van der Waals surface area contributed by atoms with Gasteiger partial charge in [0.25, 0.3) is 0 Å². The fourth-order valence-electron chi connectivity index (χ4n) is 1.74. The van der Waals surface area contributed by atoms with Crippen LogP contribution in [-0.4, -0.2) is 4.98 Å². The Morgan fingerprint density at radius 3 is 2.29 bits per heavy atom. The highest BCUT2D eigenvalue weighted by Crippen LogP contribution is 2.15. The van der Waals surface area contributed by atoms with Crippen LogP contribution in [-0.2, 0) is 12.8 Å². The fraction of sp³-hybridized carbons (Fsp3) is 0.615. The molecule has 0 fully saturated rings. The number of rotatable bonds is 4. The van der Waals surface area contributed by atoms with E-state index in [0.717, 1.165) is 12.8 Å². The molecule has 1 heterocycles. The average molecular weight is 191 g/mol. The molecule has 14 heavy (non-hydrogen) atoms. The molecule has 0 amide bonds. The third-order valence-electron chi connectivity index (χ3n) is 2.68. The quantitative estimate of drug-likeness (QED) is 0.708. The van der Waals surface area contributed by atoms with Gasteiger partial charge in [0.05, 0.1) is 0 Å². The van der Waals surface area contributed by atoms with Gasteiger partial charge >= 0.3 is 0 Å². The molecule has 0 aromatic carbocycles. The van der Waals surface area contributed by atoms with E-state index in [1.165, 1.54) is 35.4 Å². The first-order valence-corrected chi connectivity index (χ1v) is 5.65. The summed E-state index contributed by atoms with van der Waals surface area (Å²) in [5.41, 5.74) is 5.34. The monoisotopic (exact) mass is 191 g/mol. The second kappa shape index (κ2) is 5.14. The molecule has 1 nitrogen and oxygen atoms in total. The minimum atomic E-state index is 1.11. The van der Waals surface area contributed by atoms with Crippen molar-refractivity contribution in [2.75, 3.05) is 0 Å². The van der Waals surface area contributed by atoms with E-state index in [1.54, 1.807) is 0 Å². The Balaban J connectivity index is 3.01. The van der Waals surface area contributed by atoms with Crippen LogP contribution in [0.15, 0.2) is 6.07 Å². The van der Waals surface area contributed by atoms with Gasteiger partial charge in [0.2, 0.25) is 0 Å². The van der Waals surface area contributed by atoms with Gasteiger partial charge in [-0.25, -0.2) is 0 Å². The third kappa shape index (κ3) is 2.57. The lowest BCUT2D eigenvalue weighted by Gasteiger charge is -2.09. The lowest BCUT2D eigenvalue weighted by Crippen LogP contribution is -2.01. The summed E-state index contributed by atoms with van der Waals surface area (Å²) in [4.78, 5) is 4.71. The van der Waals surface area contributed by atoms with E-state index < -0.39 is 0 Å². The van der Waals surface area contributed by atoms with Gasteiger partial charge in [-0.05, 0) is 43.9 Å². The third-order valence-corrected chi connectivity index (χ3v) is 2.68. The Hall–Kier alpha value is -0.850. The lowest BCUT2D eigenvalue weighted by atomic mass is 10.0. The highest BCUT2D eigenvalue weighted by Gasteiger charge is 2.04. The predicted molar refractivity (Wildman–Crippen MR) is 61.7 cm³/mol. The topological polar surface area (TPSA) is 12.9 Å². The Morgan fingerprint density at radius 1 is 1.07 bits per heavy atom. The van der Waals surface area contributed by atoms with Crippen LogP contribution in [0.3, 0.4) is 0 Å². The van der Waals surface area contributed by atoms with Crippen molar-refractivity contribution in [2.24, 2.45) is 0 Å². The molecule has 0 radical (unpaired) electrons. The van der Waals surface area contributed by atoms with Crippen LogP contribution in [0.4, 0.5) is 0 Å². The van der Waals surface area contributed by atoms with Gasteiger partial charge in [-0.3, -0.25) is 4.98 Å². The largest absolute Gasteiger partial charge is 0.258 e. The van der Waals surface area contributed by atoms with Gasteiger partial charge in [-0.1, -0.05) is 26.7 Å². The molecule has 78 valence electrons. The van der Waals surface area contributed by atoms with Crippen molar-refractivity contribution in [3.05, 3.63) is 28.6 Å². The number of hydrogen-bond acceptors (Lipinski definition) is 1. The molecule has 0 spiro atoms. The van der Waals surface area contributed by atoms with Gasteiger partial charge in [0, 0.05) is 11.4 Å². The first-order chi connectivity index (χ1) is 6.69. The number of nitrogens with zero attached hydrogens (tertiary/aromatic N) is 1. The van der Waals surface area contributed by atoms with E-state index in [9.17, 15) is 0 Å². The summed E-state index contributed by atoms with van der Waals surface area (Å²) in [6.07, 6.45) is 4.59. The molecule has 1 aromatic heterocycles. The summed E-state index contributed by atoms with van der Waals surface area (Å²) in [7, 11) is 0. The first-order valence-electron chi connectivity index (χ1n) is 5.65. The molecule has 0 unspecified atom stereocenters. The molecule has 0 aliphatic heterocycles. The first kappa shape index (κ1) is 11.2. The minimum absolute atomic E-state index is 1.11. The summed E-state index contributed by atoms with van der Waals surface area (Å²) in [5, 5.41) is 0. The van der Waals surface area contributed by atoms with Gasteiger partial charge in [0.1, 0.15) is 0 Å². The normalized spacial score (nSPS) is 10.6. The van der Waals surface area contributed by atoms with Crippen LogP contribution in [0.5, 0.6) is 0 Å². The molecule has 0 aliphatic rings. The van der Waals surface area contributed by atoms with Gasteiger partial charge in [-0.2, -0.15) is 0 Å². The second-order valence-electron chi connectivity index (χ2n) is 4.00. The molecule has 1 aromatic rings. The van der Waals surface area contributed by atoms with Crippen LogP contribution in [0, 0.1) is 13.8 Å². The highest BCUT2D eigenvalue weighted by molar-refractivity contribution is 5.30. The number of aryl methyl sites for hydroxylation is 3. The van der Waals surface area contributed by atoms with Gasteiger partial charge in [0.15, 0.2) is 0 Å². The van der Waals surface area contributed by atoms with Crippen LogP contribution < -0.4 is 0 Å². The molecule has 1 heteroatoms. The molecule has 0 bridgehead atoms. The van der Waals surface area contributed by atoms with E-state index in [1.807, 2.05) is 0 Å². The molecule has 0 saturated carbocycles. The van der Waals surface area contributed by atoms with E-state index in [2.05, 4.69) is 33.8 Å². The predicted octanol–water partition coefficient (Wildman–Crippen LogP) is 3.60. The van der Waals surface area contributed by atoms with Crippen LogP contribution in [0.1, 0.15) is 49.2 Å². The fourth-order valence-corrected chi connectivity index (χ4v) is 1.74. The molecule has 0 aliphatic carbocycles. The zero-order valence-electron chi connectivity index (χ0n) is 9.85. The smallest absolute Gasteiger partial charge is 0.0438 e. The molecule has 0 atom stereocenters. The second-order valence-corrected chi connectivity index (χ2v) is 4.00. The maximum Gasteiger partial charge on any atom is 0.0438 e. The van der Waals surface area contributed by atoms with Crippen molar-refractivity contribution < 1.29 is 0 Å². The Morgan fingerprint density at radius 2 is 1.71 bits per heavy atom. The lowest BCUT2D eigenvalue weighted by molar-refractivity contribution is 0.818. The maximum atomic E-state index is 4.71. The molecular weight excluding hydrogens is 170 g/mol. The summed E-state index contributed by atoms with van der Waals surface area (Å²) in [6, 6.07) is 2.23. The van der Waals surface area contributed by atoms with E-state index >= 15 is 0 Å².